The van der Waals surface area contributed by atoms with Gasteiger partial charge < -0.3 is 10.1 Å². The number of β-amino-alcohol motifs (C(OH)–C–C–N with tert-alkyl or cyclic N) is 1. The second-order valence-electron chi connectivity index (χ2n) is 9.50. The van der Waals surface area contributed by atoms with Crippen LogP contribution in [0.15, 0.2) is 33.9 Å². The number of para-hydroxylation sites is 1. The molecule has 1 aliphatic rings. The number of aliphatic hydroxyl groups excluding tert-OH is 1. The van der Waals surface area contributed by atoms with E-state index in [1.165, 1.54) is 18.4 Å². The number of hydrogen-bond donors (Lipinski definition) is 2. The average Bonchev–Trinajstić information content (AvgIpc) is 3.50. The molecule has 35 heavy (non-hydrogen) atoms. The van der Waals surface area contributed by atoms with Gasteiger partial charge in [0.1, 0.15) is 17.5 Å². The quantitative estimate of drug-likeness (QED) is 0.441. The second-order valence-corrected chi connectivity index (χ2v) is 10.6. The number of carbonyl (C=O) groups is 1. The average molecular weight is 497 g/mol. The van der Waals surface area contributed by atoms with Crippen molar-refractivity contribution in [2.24, 2.45) is 13.0 Å². The number of aliphatic hydroxyl groups is 1. The molecule has 1 saturated heterocycles. The van der Waals surface area contributed by atoms with E-state index in [1.807, 2.05) is 45.0 Å². The number of amides is 1. The van der Waals surface area contributed by atoms with Crippen LogP contribution in [-0.2, 0) is 24.9 Å². The van der Waals surface area contributed by atoms with Gasteiger partial charge in [-0.25, -0.2) is 9.86 Å². The van der Waals surface area contributed by atoms with Gasteiger partial charge >= 0.3 is 5.69 Å². The molecule has 0 bridgehead atoms. The van der Waals surface area contributed by atoms with Crippen LogP contribution in [-0.4, -0.2) is 49.5 Å². The minimum Gasteiger partial charge on any atom is -0.389 e. The summed E-state index contributed by atoms with van der Waals surface area (Å²) in [6, 6.07) is 7.95. The van der Waals surface area contributed by atoms with Crippen molar-refractivity contribution >= 4 is 38.4 Å². The zero-order chi connectivity index (χ0) is 25.0. The fraction of sp³-hybridized carbons (Fsp3) is 0.400. The van der Waals surface area contributed by atoms with Gasteiger partial charge in [-0.1, -0.05) is 32.0 Å². The maximum absolute atomic E-state index is 13.7. The maximum atomic E-state index is 13.7. The van der Waals surface area contributed by atoms with Crippen molar-refractivity contribution in [3.8, 4) is 0 Å². The molecule has 4 aromatic rings. The van der Waals surface area contributed by atoms with Gasteiger partial charge in [-0.15, -0.1) is 11.3 Å². The molecular formula is C25H28N4O5S. The first-order chi connectivity index (χ1) is 16.7. The Kier molecular flexibility index (Phi) is 5.90. The number of carbonyl (C=O) groups excluding carboxylic acids is 1. The monoisotopic (exact) mass is 496 g/mol. The van der Waals surface area contributed by atoms with Gasteiger partial charge in [0.15, 0.2) is 0 Å². The highest BCUT2D eigenvalue weighted by atomic mass is 32.1. The number of rotatable bonds is 5. The van der Waals surface area contributed by atoms with Crippen LogP contribution in [0.5, 0.6) is 0 Å². The highest BCUT2D eigenvalue weighted by Gasteiger charge is 2.33. The van der Waals surface area contributed by atoms with E-state index in [0.717, 1.165) is 31.8 Å². The number of aromatic nitrogens is 3. The largest absolute Gasteiger partial charge is 0.389 e. The van der Waals surface area contributed by atoms with Crippen molar-refractivity contribution in [3.05, 3.63) is 66.8 Å². The van der Waals surface area contributed by atoms with Crippen LogP contribution in [0.4, 0.5) is 0 Å². The van der Waals surface area contributed by atoms with Crippen LogP contribution < -0.4 is 11.2 Å². The highest BCUT2D eigenvalue weighted by molar-refractivity contribution is 7.19. The molecule has 0 aliphatic carbocycles. The molecule has 10 heteroatoms. The van der Waals surface area contributed by atoms with Crippen LogP contribution in [0.25, 0.3) is 21.1 Å². The number of hydroxylamine groups is 2. The molecule has 0 radical (unpaired) electrons. The maximum Gasteiger partial charge on any atom is 0.331 e. The molecule has 1 fully saturated rings. The van der Waals surface area contributed by atoms with Crippen molar-refractivity contribution in [2.45, 2.75) is 39.8 Å². The standard InChI is InChI=1S/C25H28N4O5S/c1-13(2)10-28-24-21(22(31)27(4)25(28)33)20(23(32)29-11-15(30)12-34-29)19(35-24)9-17-14(3)26-18-8-6-5-7-16(17)18/h5-8,13,15,26,30H,9-12H2,1-4H3/t15-/m1/s1. The zero-order valence-electron chi connectivity index (χ0n) is 20.1. The molecule has 0 saturated carbocycles. The predicted molar refractivity (Wildman–Crippen MR) is 135 cm³/mol. The number of hydrogen-bond acceptors (Lipinski definition) is 6. The minimum absolute atomic E-state index is 0.0146. The molecule has 0 spiro atoms. The van der Waals surface area contributed by atoms with Gasteiger partial charge in [-0.3, -0.25) is 23.6 Å². The lowest BCUT2D eigenvalue weighted by atomic mass is 10.0. The lowest BCUT2D eigenvalue weighted by molar-refractivity contribution is -0.0778. The molecule has 184 valence electrons. The Hall–Kier alpha value is -3.21. The van der Waals surface area contributed by atoms with Crippen LogP contribution in [0.3, 0.4) is 0 Å². The smallest absolute Gasteiger partial charge is 0.331 e. The molecule has 5 rings (SSSR count). The van der Waals surface area contributed by atoms with E-state index < -0.39 is 23.3 Å². The minimum atomic E-state index is -0.787. The van der Waals surface area contributed by atoms with Crippen molar-refractivity contribution in [1.82, 2.24) is 19.2 Å². The molecule has 1 amide bonds. The van der Waals surface area contributed by atoms with Crippen molar-refractivity contribution < 1.29 is 14.7 Å². The van der Waals surface area contributed by atoms with Gasteiger partial charge in [-0.05, 0) is 24.5 Å². The molecule has 2 N–H and O–H groups in total. The summed E-state index contributed by atoms with van der Waals surface area (Å²) in [5, 5.41) is 12.3. The number of aryl methyl sites for hydroxylation is 1. The first-order valence-corrected chi connectivity index (χ1v) is 12.4. The fourth-order valence-electron chi connectivity index (χ4n) is 4.72. The third kappa shape index (κ3) is 3.91. The van der Waals surface area contributed by atoms with Gasteiger partial charge in [0, 0.05) is 41.5 Å². The Bertz CT molecular complexity index is 1570. The number of benzene rings is 1. The van der Waals surface area contributed by atoms with Crippen molar-refractivity contribution in [1.29, 1.82) is 0 Å². The lowest BCUT2D eigenvalue weighted by Crippen LogP contribution is -2.39. The normalized spacial score (nSPS) is 16.3. The Balaban J connectivity index is 1.78. The molecule has 1 aromatic carbocycles. The molecule has 3 aromatic heterocycles. The van der Waals surface area contributed by atoms with E-state index >= 15 is 0 Å². The number of aromatic amines is 1. The Morgan fingerprint density at radius 3 is 2.71 bits per heavy atom. The molecule has 4 heterocycles. The predicted octanol–water partition coefficient (Wildman–Crippen LogP) is 2.55. The van der Waals surface area contributed by atoms with Gasteiger partial charge in [0.2, 0.25) is 0 Å². The van der Waals surface area contributed by atoms with Crippen LogP contribution in [0.1, 0.15) is 40.3 Å². The number of H-pyrrole nitrogens is 1. The Labute approximate surface area is 205 Å². The van der Waals surface area contributed by atoms with E-state index in [4.69, 9.17) is 4.84 Å². The first kappa shape index (κ1) is 23.5. The SMILES string of the molecule is Cc1[nH]c2ccccc2c1Cc1sc2c(c1C(=O)N1C[C@@H](O)CO1)c(=O)n(C)c(=O)n2CC(C)C. The summed E-state index contributed by atoms with van der Waals surface area (Å²) in [6.45, 7) is 6.44. The van der Waals surface area contributed by atoms with E-state index in [2.05, 4.69) is 4.98 Å². The summed E-state index contributed by atoms with van der Waals surface area (Å²) < 4.78 is 2.66. The van der Waals surface area contributed by atoms with E-state index in [0.29, 0.717) is 22.7 Å². The van der Waals surface area contributed by atoms with Gasteiger partial charge in [-0.2, -0.15) is 0 Å². The Morgan fingerprint density at radius 2 is 2.03 bits per heavy atom. The third-order valence-corrected chi connectivity index (χ3v) is 7.61. The molecule has 1 atom stereocenters. The molecular weight excluding hydrogens is 468 g/mol. The summed E-state index contributed by atoms with van der Waals surface area (Å²) in [5.74, 6) is -0.321. The van der Waals surface area contributed by atoms with Gasteiger partial charge in [0.05, 0.1) is 17.5 Å². The van der Waals surface area contributed by atoms with Gasteiger partial charge in [0.25, 0.3) is 11.5 Å². The second kappa shape index (κ2) is 8.78. The first-order valence-electron chi connectivity index (χ1n) is 11.6. The summed E-state index contributed by atoms with van der Waals surface area (Å²) in [7, 11) is 1.44. The number of nitrogens with one attached hydrogen (secondary N) is 1. The molecule has 9 nitrogen and oxygen atoms in total. The van der Waals surface area contributed by atoms with Crippen molar-refractivity contribution in [3.63, 3.8) is 0 Å². The van der Waals surface area contributed by atoms with Crippen LogP contribution in [0.2, 0.25) is 0 Å². The van der Waals surface area contributed by atoms with Crippen molar-refractivity contribution in [2.75, 3.05) is 13.2 Å². The Morgan fingerprint density at radius 1 is 1.29 bits per heavy atom. The summed E-state index contributed by atoms with van der Waals surface area (Å²) in [5.41, 5.74) is 2.32. The zero-order valence-corrected chi connectivity index (χ0v) is 20.9. The number of nitrogens with zero attached hydrogens (tertiary/aromatic N) is 3. The molecule has 0 unspecified atom stereocenters. The number of fused-ring (bicyclic) bond motifs is 2. The van der Waals surface area contributed by atoms with Crippen LogP contribution in [0, 0.1) is 12.8 Å². The third-order valence-electron chi connectivity index (χ3n) is 6.40. The van der Waals surface area contributed by atoms with E-state index in [9.17, 15) is 19.5 Å². The number of thiophene rings is 1. The van der Waals surface area contributed by atoms with E-state index in [1.54, 1.807) is 4.57 Å². The van der Waals surface area contributed by atoms with Crippen LogP contribution >= 0.6 is 11.3 Å². The lowest BCUT2D eigenvalue weighted by Gasteiger charge is -2.15. The fourth-order valence-corrected chi connectivity index (χ4v) is 6.01. The summed E-state index contributed by atoms with van der Waals surface area (Å²) >= 11 is 1.30. The summed E-state index contributed by atoms with van der Waals surface area (Å²) in [6.07, 6.45) is -0.379. The molecule has 1 aliphatic heterocycles. The topological polar surface area (TPSA) is 110 Å². The van der Waals surface area contributed by atoms with E-state index in [-0.39, 0.29) is 30.0 Å². The highest BCUT2D eigenvalue weighted by Crippen LogP contribution is 2.35. The summed E-state index contributed by atoms with van der Waals surface area (Å²) in [4.78, 5) is 50.1.